The Morgan fingerprint density at radius 1 is 1.09 bits per heavy atom. The molecule has 4 nitrogen and oxygen atoms in total. The van der Waals surface area contributed by atoms with Gasteiger partial charge >= 0.3 is 0 Å². The van der Waals surface area contributed by atoms with Crippen molar-refractivity contribution in [3.63, 3.8) is 0 Å². The van der Waals surface area contributed by atoms with Crippen molar-refractivity contribution in [2.45, 2.75) is 63.8 Å². The number of carbonyl (C=O) groups excluding carboxylic acids is 1. The van der Waals surface area contributed by atoms with Crippen molar-refractivity contribution in [2.24, 2.45) is 34.8 Å². The molecule has 0 aromatic rings. The van der Waals surface area contributed by atoms with Crippen LogP contribution in [0.25, 0.3) is 0 Å². The minimum Gasteiger partial charge on any atom is -0.381 e. The summed E-state index contributed by atoms with van der Waals surface area (Å²) < 4.78 is 5.36. The number of hydrogen-bond acceptors (Lipinski definition) is 3. The van der Waals surface area contributed by atoms with Crippen LogP contribution in [0.1, 0.15) is 57.8 Å². The molecule has 1 atom stereocenters. The summed E-state index contributed by atoms with van der Waals surface area (Å²) in [5.41, 5.74) is 6.72. The molecule has 4 saturated carbocycles. The van der Waals surface area contributed by atoms with Crippen LogP contribution in [0.5, 0.6) is 0 Å². The number of ether oxygens (including phenoxy) is 1. The first kappa shape index (κ1) is 15.9. The third-order valence-corrected chi connectivity index (χ3v) is 7.20. The highest BCUT2D eigenvalue weighted by molar-refractivity contribution is 5.81. The average molecular weight is 320 g/mol. The van der Waals surface area contributed by atoms with E-state index in [1.807, 2.05) is 0 Å². The molecule has 0 aromatic carbocycles. The lowest BCUT2D eigenvalue weighted by atomic mass is 9.49. The van der Waals surface area contributed by atoms with Crippen molar-refractivity contribution < 1.29 is 9.53 Å². The quantitative estimate of drug-likeness (QED) is 0.818. The summed E-state index contributed by atoms with van der Waals surface area (Å²) in [6.45, 7) is 2.32. The fraction of sp³-hybridized carbons (Fsp3) is 0.947. The van der Waals surface area contributed by atoms with Gasteiger partial charge in [-0.15, -0.1) is 0 Å². The Morgan fingerprint density at radius 2 is 1.65 bits per heavy atom. The number of nitrogens with two attached hydrogens (primary N) is 1. The third-order valence-electron chi connectivity index (χ3n) is 7.20. The molecular formula is C19H32N2O2. The van der Waals surface area contributed by atoms with Gasteiger partial charge in [-0.2, -0.15) is 0 Å². The summed E-state index contributed by atoms with van der Waals surface area (Å²) in [7, 11) is 0. The first-order valence-electron chi connectivity index (χ1n) is 9.75. The van der Waals surface area contributed by atoms with E-state index in [4.69, 9.17) is 10.5 Å². The highest BCUT2D eigenvalue weighted by Gasteiger charge is 2.50. The first-order valence-corrected chi connectivity index (χ1v) is 9.75. The van der Waals surface area contributed by atoms with E-state index in [9.17, 15) is 4.79 Å². The van der Waals surface area contributed by atoms with E-state index < -0.39 is 0 Å². The Morgan fingerprint density at radius 3 is 2.22 bits per heavy atom. The van der Waals surface area contributed by atoms with Gasteiger partial charge in [0.05, 0.1) is 6.04 Å². The SMILES string of the molecule is NC(C(=O)NCCC12CC3CC(CC(C3)C1)C2)C1CCOCC1. The Labute approximate surface area is 139 Å². The lowest BCUT2D eigenvalue weighted by Gasteiger charge is -2.57. The maximum Gasteiger partial charge on any atom is 0.237 e. The second kappa shape index (κ2) is 6.36. The fourth-order valence-corrected chi connectivity index (χ4v) is 6.45. The monoisotopic (exact) mass is 320 g/mol. The van der Waals surface area contributed by atoms with Crippen LogP contribution >= 0.6 is 0 Å². The van der Waals surface area contributed by atoms with Crippen molar-refractivity contribution in [1.29, 1.82) is 0 Å². The molecule has 130 valence electrons. The van der Waals surface area contributed by atoms with Gasteiger partial charge in [0.2, 0.25) is 5.91 Å². The predicted octanol–water partition coefficient (Wildman–Crippen LogP) is 2.46. The topological polar surface area (TPSA) is 64.4 Å². The molecule has 0 spiro atoms. The number of hydrogen-bond donors (Lipinski definition) is 2. The van der Waals surface area contributed by atoms with Gasteiger partial charge in [0.1, 0.15) is 0 Å². The molecule has 1 saturated heterocycles. The van der Waals surface area contributed by atoms with Gasteiger partial charge in [-0.25, -0.2) is 0 Å². The molecule has 3 N–H and O–H groups in total. The predicted molar refractivity (Wildman–Crippen MR) is 89.8 cm³/mol. The molecule has 5 fully saturated rings. The van der Waals surface area contributed by atoms with Crippen molar-refractivity contribution >= 4 is 5.91 Å². The Balaban J connectivity index is 1.26. The van der Waals surface area contributed by atoms with Crippen LogP contribution in [0.15, 0.2) is 0 Å². The van der Waals surface area contributed by atoms with E-state index in [0.29, 0.717) is 11.3 Å². The molecule has 5 rings (SSSR count). The maximum atomic E-state index is 12.4. The highest BCUT2D eigenvalue weighted by Crippen LogP contribution is 2.61. The molecule has 0 radical (unpaired) electrons. The second-order valence-electron chi connectivity index (χ2n) is 8.93. The minimum absolute atomic E-state index is 0.0571. The molecule has 0 aromatic heterocycles. The highest BCUT2D eigenvalue weighted by atomic mass is 16.5. The van der Waals surface area contributed by atoms with Gasteiger partial charge in [-0.1, -0.05) is 0 Å². The van der Waals surface area contributed by atoms with Crippen LogP contribution in [0.4, 0.5) is 0 Å². The molecule has 4 heteroatoms. The zero-order chi connectivity index (χ0) is 15.9. The van der Waals surface area contributed by atoms with Crippen molar-refractivity contribution in [2.75, 3.05) is 19.8 Å². The Kier molecular flexibility index (Phi) is 4.39. The van der Waals surface area contributed by atoms with Gasteiger partial charge in [-0.05, 0) is 86.9 Å². The third kappa shape index (κ3) is 3.30. The Hall–Kier alpha value is -0.610. The minimum atomic E-state index is -0.352. The van der Waals surface area contributed by atoms with Crippen LogP contribution in [0, 0.1) is 29.1 Å². The van der Waals surface area contributed by atoms with Gasteiger partial charge in [0, 0.05) is 19.8 Å². The zero-order valence-corrected chi connectivity index (χ0v) is 14.3. The summed E-state index contributed by atoms with van der Waals surface area (Å²) >= 11 is 0. The molecular weight excluding hydrogens is 288 g/mol. The van der Waals surface area contributed by atoms with Crippen molar-refractivity contribution in [3.8, 4) is 0 Å². The molecule has 1 aliphatic heterocycles. The van der Waals surface area contributed by atoms with E-state index in [2.05, 4.69) is 5.32 Å². The smallest absolute Gasteiger partial charge is 0.237 e. The first-order chi connectivity index (χ1) is 11.1. The van der Waals surface area contributed by atoms with E-state index in [-0.39, 0.29) is 11.9 Å². The van der Waals surface area contributed by atoms with Gasteiger partial charge in [0.15, 0.2) is 0 Å². The van der Waals surface area contributed by atoms with E-state index in [1.165, 1.54) is 44.9 Å². The lowest BCUT2D eigenvalue weighted by Crippen LogP contribution is -2.50. The molecule has 5 aliphatic rings. The van der Waals surface area contributed by atoms with Gasteiger partial charge in [0.25, 0.3) is 0 Å². The summed E-state index contributed by atoms with van der Waals surface area (Å²) in [6, 6.07) is -0.352. The van der Waals surface area contributed by atoms with E-state index >= 15 is 0 Å². The van der Waals surface area contributed by atoms with Gasteiger partial charge < -0.3 is 15.8 Å². The lowest BCUT2D eigenvalue weighted by molar-refractivity contribution is -0.124. The van der Waals surface area contributed by atoms with E-state index in [0.717, 1.165) is 50.4 Å². The van der Waals surface area contributed by atoms with Gasteiger partial charge in [-0.3, -0.25) is 4.79 Å². The zero-order valence-electron chi connectivity index (χ0n) is 14.3. The number of amides is 1. The number of carbonyl (C=O) groups is 1. The van der Waals surface area contributed by atoms with Crippen LogP contribution < -0.4 is 11.1 Å². The number of rotatable bonds is 5. The van der Waals surface area contributed by atoms with Crippen LogP contribution in [0.3, 0.4) is 0 Å². The van der Waals surface area contributed by atoms with Crippen LogP contribution in [0.2, 0.25) is 0 Å². The summed E-state index contributed by atoms with van der Waals surface area (Å²) in [4.78, 5) is 12.4. The molecule has 1 heterocycles. The number of nitrogens with one attached hydrogen (secondary N) is 1. The molecule has 4 aliphatic carbocycles. The summed E-state index contributed by atoms with van der Waals surface area (Å²) in [5.74, 6) is 3.31. The second-order valence-corrected chi connectivity index (χ2v) is 8.93. The standard InChI is InChI=1S/C19H32N2O2/c20-17(16-1-5-23-6-2-16)18(22)21-4-3-19-10-13-7-14(11-19)9-15(8-13)12-19/h13-17H,1-12,20H2,(H,21,22). The van der Waals surface area contributed by atoms with Crippen molar-refractivity contribution in [1.82, 2.24) is 5.32 Å². The molecule has 1 amide bonds. The normalized spacial score (nSPS) is 41.0. The fourth-order valence-electron chi connectivity index (χ4n) is 6.45. The maximum absolute atomic E-state index is 12.4. The summed E-state index contributed by atoms with van der Waals surface area (Å²) in [6.07, 6.45) is 11.7. The molecule has 4 bridgehead atoms. The summed E-state index contributed by atoms with van der Waals surface area (Å²) in [5, 5.41) is 3.15. The average Bonchev–Trinajstić information content (AvgIpc) is 2.53. The van der Waals surface area contributed by atoms with E-state index in [1.54, 1.807) is 0 Å². The Bertz CT molecular complexity index is 409. The van der Waals surface area contributed by atoms with Crippen LogP contribution in [-0.4, -0.2) is 31.7 Å². The molecule has 1 unspecified atom stereocenters. The molecule has 23 heavy (non-hydrogen) atoms. The van der Waals surface area contributed by atoms with Crippen molar-refractivity contribution in [3.05, 3.63) is 0 Å². The van der Waals surface area contributed by atoms with Crippen LogP contribution in [-0.2, 0) is 9.53 Å². The largest absolute Gasteiger partial charge is 0.381 e.